The molecule has 0 saturated carbocycles. The molecular formula is C21H23F3N2O6S. The maximum atomic E-state index is 13.1. The minimum atomic E-state index is -4.55. The van der Waals surface area contributed by atoms with E-state index in [2.05, 4.69) is 5.32 Å². The van der Waals surface area contributed by atoms with E-state index in [1.54, 1.807) is 13.0 Å². The highest BCUT2D eigenvalue weighted by Gasteiger charge is 2.31. The molecule has 1 amide bonds. The molecule has 0 unspecified atom stereocenters. The van der Waals surface area contributed by atoms with E-state index < -0.39 is 28.7 Å². The Bertz CT molecular complexity index is 1120. The van der Waals surface area contributed by atoms with Crippen LogP contribution >= 0.6 is 0 Å². The zero-order valence-electron chi connectivity index (χ0n) is 17.9. The molecule has 0 atom stereocenters. The molecule has 0 aliphatic carbocycles. The van der Waals surface area contributed by atoms with E-state index in [0.717, 1.165) is 0 Å². The number of morpholine rings is 1. The number of hydrogen-bond acceptors (Lipinski definition) is 6. The summed E-state index contributed by atoms with van der Waals surface area (Å²) in [6, 6.07) is 8.24. The van der Waals surface area contributed by atoms with Crippen LogP contribution in [0.4, 0.5) is 18.9 Å². The first-order valence-electron chi connectivity index (χ1n) is 9.89. The van der Waals surface area contributed by atoms with Crippen LogP contribution in [0.5, 0.6) is 11.5 Å². The fourth-order valence-electron chi connectivity index (χ4n) is 3.15. The van der Waals surface area contributed by atoms with Gasteiger partial charge >= 0.3 is 6.18 Å². The van der Waals surface area contributed by atoms with E-state index in [9.17, 15) is 26.4 Å². The van der Waals surface area contributed by atoms with Gasteiger partial charge in [-0.15, -0.1) is 0 Å². The third-order valence-electron chi connectivity index (χ3n) is 4.79. The van der Waals surface area contributed by atoms with E-state index in [4.69, 9.17) is 14.2 Å². The molecule has 1 N–H and O–H groups in total. The zero-order chi connectivity index (χ0) is 24.2. The Hall–Kier alpha value is -2.83. The summed E-state index contributed by atoms with van der Waals surface area (Å²) in [4.78, 5) is 12.7. The summed E-state index contributed by atoms with van der Waals surface area (Å²) in [7, 11) is -2.66. The number of amides is 1. The van der Waals surface area contributed by atoms with Crippen LogP contribution in [0.3, 0.4) is 0 Å². The maximum Gasteiger partial charge on any atom is 0.422 e. The first kappa shape index (κ1) is 24.8. The number of benzene rings is 2. The average molecular weight is 488 g/mol. The smallest absolute Gasteiger partial charge is 0.422 e. The number of nitrogens with one attached hydrogen (secondary N) is 1. The summed E-state index contributed by atoms with van der Waals surface area (Å²) >= 11 is 0. The average Bonchev–Trinajstić information content (AvgIpc) is 2.78. The van der Waals surface area contributed by atoms with Crippen molar-refractivity contribution in [2.75, 3.05) is 45.3 Å². The standard InChI is InChI=1S/C21H23F3N2O6S/c1-14-3-5-16(18(11-14)32-13-21(22,23)24)25-20(27)15-4-6-17(30-2)19(12-15)33(28,29)26-7-9-31-10-8-26/h3-6,11-12H,7-10,13H2,1-2H3,(H,25,27). The van der Waals surface area contributed by atoms with E-state index >= 15 is 0 Å². The number of alkyl halides is 3. The van der Waals surface area contributed by atoms with Gasteiger partial charge in [-0.05, 0) is 42.8 Å². The van der Waals surface area contributed by atoms with Crippen LogP contribution in [0.1, 0.15) is 15.9 Å². The highest BCUT2D eigenvalue weighted by molar-refractivity contribution is 7.89. The highest BCUT2D eigenvalue weighted by atomic mass is 32.2. The van der Waals surface area contributed by atoms with Crippen LogP contribution in [-0.2, 0) is 14.8 Å². The molecule has 1 aliphatic heterocycles. The predicted octanol–water partition coefficient (Wildman–Crippen LogP) is 3.22. The lowest BCUT2D eigenvalue weighted by molar-refractivity contribution is -0.153. The number of halogens is 3. The molecule has 1 heterocycles. The largest absolute Gasteiger partial charge is 0.495 e. The molecule has 180 valence electrons. The van der Waals surface area contributed by atoms with Gasteiger partial charge in [-0.25, -0.2) is 8.42 Å². The topological polar surface area (TPSA) is 94.2 Å². The number of carbonyl (C=O) groups excluding carboxylic acids is 1. The van der Waals surface area contributed by atoms with E-state index in [-0.39, 0.29) is 53.9 Å². The fraction of sp³-hybridized carbons (Fsp3) is 0.381. The van der Waals surface area contributed by atoms with Crippen molar-refractivity contribution in [1.29, 1.82) is 0 Å². The SMILES string of the molecule is COc1ccc(C(=O)Nc2ccc(C)cc2OCC(F)(F)F)cc1S(=O)(=O)N1CCOCC1. The molecule has 0 aromatic heterocycles. The molecule has 0 bridgehead atoms. The maximum absolute atomic E-state index is 13.1. The minimum Gasteiger partial charge on any atom is -0.495 e. The van der Waals surface area contributed by atoms with Crippen molar-refractivity contribution in [2.24, 2.45) is 0 Å². The van der Waals surface area contributed by atoms with Gasteiger partial charge in [0.2, 0.25) is 10.0 Å². The molecule has 1 saturated heterocycles. The van der Waals surface area contributed by atoms with Crippen molar-refractivity contribution in [3.63, 3.8) is 0 Å². The van der Waals surface area contributed by atoms with Gasteiger partial charge in [0.25, 0.3) is 5.91 Å². The highest BCUT2D eigenvalue weighted by Crippen LogP contribution is 2.31. The molecular weight excluding hydrogens is 465 g/mol. The van der Waals surface area contributed by atoms with Gasteiger partial charge in [0.15, 0.2) is 6.61 Å². The van der Waals surface area contributed by atoms with Gasteiger partial charge in [-0.2, -0.15) is 17.5 Å². The zero-order valence-corrected chi connectivity index (χ0v) is 18.8. The Kier molecular flexibility index (Phi) is 7.50. The monoisotopic (exact) mass is 488 g/mol. The summed E-state index contributed by atoms with van der Waals surface area (Å²) < 4.78 is 80.4. The molecule has 8 nitrogen and oxygen atoms in total. The minimum absolute atomic E-state index is 0.0169. The lowest BCUT2D eigenvalue weighted by Gasteiger charge is -2.26. The molecule has 2 aromatic rings. The number of methoxy groups -OCH3 is 1. The Morgan fingerprint density at radius 3 is 2.45 bits per heavy atom. The first-order valence-corrected chi connectivity index (χ1v) is 11.3. The second-order valence-electron chi connectivity index (χ2n) is 7.24. The van der Waals surface area contributed by atoms with E-state index in [0.29, 0.717) is 5.56 Å². The van der Waals surface area contributed by atoms with Crippen LogP contribution in [0.2, 0.25) is 0 Å². The Morgan fingerprint density at radius 1 is 1.12 bits per heavy atom. The summed E-state index contributed by atoms with van der Waals surface area (Å²) in [6.07, 6.45) is -4.55. The molecule has 33 heavy (non-hydrogen) atoms. The predicted molar refractivity (Wildman–Crippen MR) is 113 cm³/mol. The number of sulfonamides is 1. The summed E-state index contributed by atoms with van der Waals surface area (Å²) in [5.74, 6) is -0.824. The van der Waals surface area contributed by atoms with Crippen molar-refractivity contribution in [3.8, 4) is 11.5 Å². The Morgan fingerprint density at radius 2 is 1.82 bits per heavy atom. The number of hydrogen-bond donors (Lipinski definition) is 1. The van der Waals surface area contributed by atoms with E-state index in [1.807, 2.05) is 0 Å². The normalized spacial score (nSPS) is 15.2. The van der Waals surface area contributed by atoms with Gasteiger partial charge in [-0.3, -0.25) is 4.79 Å². The van der Waals surface area contributed by atoms with Gasteiger partial charge < -0.3 is 19.5 Å². The Labute approximate surface area is 189 Å². The van der Waals surface area contributed by atoms with Crippen LogP contribution in [0, 0.1) is 6.92 Å². The second-order valence-corrected chi connectivity index (χ2v) is 9.15. The Balaban J connectivity index is 1.89. The summed E-state index contributed by atoms with van der Waals surface area (Å²) in [5.41, 5.74) is 0.627. The van der Waals surface area contributed by atoms with Crippen LogP contribution in [0.15, 0.2) is 41.3 Å². The van der Waals surface area contributed by atoms with Gasteiger partial charge in [-0.1, -0.05) is 6.07 Å². The quantitative estimate of drug-likeness (QED) is 0.643. The van der Waals surface area contributed by atoms with Crippen molar-refractivity contribution >= 4 is 21.6 Å². The summed E-state index contributed by atoms with van der Waals surface area (Å²) in [5, 5.41) is 2.49. The van der Waals surface area contributed by atoms with Crippen LogP contribution in [0.25, 0.3) is 0 Å². The van der Waals surface area contributed by atoms with Gasteiger partial charge in [0.1, 0.15) is 16.4 Å². The van der Waals surface area contributed by atoms with Crippen molar-refractivity contribution < 1.29 is 40.6 Å². The number of ether oxygens (including phenoxy) is 3. The number of carbonyl (C=O) groups is 1. The third-order valence-corrected chi connectivity index (χ3v) is 6.71. The molecule has 0 spiro atoms. The van der Waals surface area contributed by atoms with Crippen LogP contribution < -0.4 is 14.8 Å². The number of aryl methyl sites for hydroxylation is 1. The van der Waals surface area contributed by atoms with Gasteiger partial charge in [0, 0.05) is 18.7 Å². The molecule has 1 aliphatic rings. The van der Waals surface area contributed by atoms with Crippen molar-refractivity contribution in [3.05, 3.63) is 47.5 Å². The number of nitrogens with zero attached hydrogens (tertiary/aromatic N) is 1. The van der Waals surface area contributed by atoms with Crippen molar-refractivity contribution in [2.45, 2.75) is 18.0 Å². The number of anilines is 1. The lowest BCUT2D eigenvalue weighted by Crippen LogP contribution is -2.40. The number of rotatable bonds is 7. The lowest BCUT2D eigenvalue weighted by atomic mass is 10.1. The third kappa shape index (κ3) is 6.15. The van der Waals surface area contributed by atoms with Gasteiger partial charge in [0.05, 0.1) is 26.0 Å². The molecule has 0 radical (unpaired) electrons. The van der Waals surface area contributed by atoms with Crippen LogP contribution in [-0.4, -0.2) is 64.8 Å². The molecule has 12 heteroatoms. The van der Waals surface area contributed by atoms with E-state index in [1.165, 1.54) is 41.7 Å². The fourth-order valence-corrected chi connectivity index (χ4v) is 4.74. The molecule has 3 rings (SSSR count). The molecule has 2 aromatic carbocycles. The second kappa shape index (κ2) is 9.98. The van der Waals surface area contributed by atoms with Crippen molar-refractivity contribution in [1.82, 2.24) is 4.31 Å². The summed E-state index contributed by atoms with van der Waals surface area (Å²) in [6.45, 7) is 0.949. The first-order chi connectivity index (χ1) is 15.5. The molecule has 1 fully saturated rings.